The van der Waals surface area contributed by atoms with Crippen LogP contribution in [0.4, 0.5) is 0 Å². The first-order valence-corrected chi connectivity index (χ1v) is 10.4. The van der Waals surface area contributed by atoms with Crippen molar-refractivity contribution in [3.8, 4) is 0 Å². The molecule has 0 aromatic heterocycles. The van der Waals surface area contributed by atoms with Crippen LogP contribution in [0.3, 0.4) is 0 Å². The first-order valence-electron chi connectivity index (χ1n) is 10.4. The molecular formula is C20H36N2O5. The second-order valence-corrected chi connectivity index (χ2v) is 7.18. The van der Waals surface area contributed by atoms with Crippen LogP contribution in [0.25, 0.3) is 0 Å². The van der Waals surface area contributed by atoms with Crippen LogP contribution in [-0.4, -0.2) is 21.8 Å². The van der Waals surface area contributed by atoms with E-state index in [2.05, 4.69) is 12.2 Å². The molecule has 0 aromatic carbocycles. The molecule has 27 heavy (non-hydrogen) atoms. The van der Waals surface area contributed by atoms with Crippen molar-refractivity contribution in [1.82, 2.24) is 0 Å². The minimum absolute atomic E-state index is 0.00367. The van der Waals surface area contributed by atoms with Crippen LogP contribution in [0.5, 0.6) is 0 Å². The molecule has 0 N–H and O–H groups in total. The van der Waals surface area contributed by atoms with Gasteiger partial charge in [-0.15, -0.1) is 0 Å². The van der Waals surface area contributed by atoms with Crippen molar-refractivity contribution in [1.29, 1.82) is 0 Å². The highest BCUT2D eigenvalue weighted by molar-refractivity contribution is 5.48. The van der Waals surface area contributed by atoms with Crippen LogP contribution in [0, 0.1) is 20.2 Å². The normalized spacial score (nSPS) is 11.7. The molecule has 0 atom stereocenters. The standard InChI is InChI=1S/C20H36N2O5/c1-2-3-4-14-17-20(21(24)25,22(26)27)18-15-12-10-8-6-5-7-9-11-13-16-19-23/h6,8,19H,2-5,7,9-18H2,1H3. The zero-order chi connectivity index (χ0) is 20.4. The summed E-state index contributed by atoms with van der Waals surface area (Å²) in [5.74, 6) is 0. The fourth-order valence-corrected chi connectivity index (χ4v) is 3.14. The van der Waals surface area contributed by atoms with Crippen molar-refractivity contribution in [2.24, 2.45) is 0 Å². The third kappa shape index (κ3) is 11.5. The van der Waals surface area contributed by atoms with Gasteiger partial charge in [-0.1, -0.05) is 51.2 Å². The number of aldehydes is 1. The van der Waals surface area contributed by atoms with E-state index in [1.54, 1.807) is 0 Å². The van der Waals surface area contributed by atoms with Gasteiger partial charge < -0.3 is 4.79 Å². The molecule has 7 heteroatoms. The molecule has 0 aliphatic heterocycles. The minimum atomic E-state index is -2.01. The Kier molecular flexibility index (Phi) is 15.3. The highest BCUT2D eigenvalue weighted by Gasteiger charge is 2.54. The monoisotopic (exact) mass is 384 g/mol. The first kappa shape index (κ1) is 25.2. The Morgan fingerprint density at radius 1 is 0.704 bits per heavy atom. The summed E-state index contributed by atoms with van der Waals surface area (Å²) in [7, 11) is 0. The highest BCUT2D eigenvalue weighted by atomic mass is 16.7. The molecule has 0 radical (unpaired) electrons. The molecule has 0 aliphatic rings. The van der Waals surface area contributed by atoms with E-state index in [9.17, 15) is 25.0 Å². The minimum Gasteiger partial charge on any atom is -0.303 e. The summed E-state index contributed by atoms with van der Waals surface area (Å²) in [6.45, 7) is 2.04. The maximum atomic E-state index is 11.4. The summed E-state index contributed by atoms with van der Waals surface area (Å²) >= 11 is 0. The van der Waals surface area contributed by atoms with E-state index in [4.69, 9.17) is 0 Å². The molecule has 7 nitrogen and oxygen atoms in total. The van der Waals surface area contributed by atoms with E-state index >= 15 is 0 Å². The van der Waals surface area contributed by atoms with Gasteiger partial charge >= 0.3 is 5.66 Å². The van der Waals surface area contributed by atoms with E-state index < -0.39 is 15.5 Å². The van der Waals surface area contributed by atoms with Gasteiger partial charge in [0.2, 0.25) is 0 Å². The molecule has 0 bridgehead atoms. The number of allylic oxidation sites excluding steroid dienone is 2. The maximum Gasteiger partial charge on any atom is 0.458 e. The Labute approximate surface area is 162 Å². The van der Waals surface area contributed by atoms with Crippen molar-refractivity contribution in [3.05, 3.63) is 32.4 Å². The first-order chi connectivity index (χ1) is 13.0. The molecule has 0 amide bonds. The molecule has 0 aromatic rings. The number of carbonyl (C=O) groups is 1. The highest BCUT2D eigenvalue weighted by Crippen LogP contribution is 2.27. The predicted octanol–water partition coefficient (Wildman–Crippen LogP) is 5.86. The smallest absolute Gasteiger partial charge is 0.303 e. The average molecular weight is 385 g/mol. The van der Waals surface area contributed by atoms with Gasteiger partial charge in [0.25, 0.3) is 0 Å². The number of carbonyl (C=O) groups excluding carboxylic acids is 1. The van der Waals surface area contributed by atoms with Crippen LogP contribution >= 0.6 is 0 Å². The lowest BCUT2D eigenvalue weighted by atomic mass is 9.95. The van der Waals surface area contributed by atoms with Gasteiger partial charge in [-0.3, -0.25) is 20.2 Å². The van der Waals surface area contributed by atoms with Gasteiger partial charge in [-0.25, -0.2) is 0 Å². The fourth-order valence-electron chi connectivity index (χ4n) is 3.14. The second-order valence-electron chi connectivity index (χ2n) is 7.18. The van der Waals surface area contributed by atoms with Crippen molar-refractivity contribution < 1.29 is 14.6 Å². The van der Waals surface area contributed by atoms with E-state index in [0.29, 0.717) is 19.3 Å². The number of hydrogen-bond donors (Lipinski definition) is 0. The zero-order valence-electron chi connectivity index (χ0n) is 16.8. The topological polar surface area (TPSA) is 103 Å². The Bertz CT molecular complexity index is 438. The van der Waals surface area contributed by atoms with Crippen LogP contribution in [0.2, 0.25) is 0 Å². The number of unbranched alkanes of at least 4 members (excludes halogenated alkanes) is 10. The van der Waals surface area contributed by atoms with E-state index in [0.717, 1.165) is 70.5 Å². The summed E-state index contributed by atoms with van der Waals surface area (Å²) in [4.78, 5) is 31.6. The number of rotatable bonds is 19. The van der Waals surface area contributed by atoms with Crippen molar-refractivity contribution in [2.75, 3.05) is 0 Å². The quantitative estimate of drug-likeness (QED) is 0.0692. The Morgan fingerprint density at radius 3 is 1.63 bits per heavy atom. The van der Waals surface area contributed by atoms with Crippen molar-refractivity contribution in [3.63, 3.8) is 0 Å². The molecular weight excluding hydrogens is 348 g/mol. The summed E-state index contributed by atoms with van der Waals surface area (Å²) in [5.41, 5.74) is -2.01. The largest absolute Gasteiger partial charge is 0.458 e. The Hall–Kier alpha value is -1.79. The lowest BCUT2D eigenvalue weighted by Gasteiger charge is -2.17. The molecule has 0 spiro atoms. The zero-order valence-corrected chi connectivity index (χ0v) is 16.8. The Balaban J connectivity index is 4.08. The molecule has 0 fully saturated rings. The maximum absolute atomic E-state index is 11.4. The SMILES string of the molecule is CCCCCCC(CCCCC=CCCCCCCC=O)([N+](=O)[O-])[N+](=O)[O-]. The summed E-state index contributed by atoms with van der Waals surface area (Å²) in [6, 6.07) is 0. The average Bonchev–Trinajstić information content (AvgIpc) is 2.63. The number of nitro groups is 2. The lowest BCUT2D eigenvalue weighted by Crippen LogP contribution is -2.46. The van der Waals surface area contributed by atoms with Crippen LogP contribution < -0.4 is 0 Å². The van der Waals surface area contributed by atoms with Crippen molar-refractivity contribution >= 4 is 6.29 Å². The summed E-state index contributed by atoms with van der Waals surface area (Å²) < 4.78 is 0. The van der Waals surface area contributed by atoms with Gasteiger partial charge in [-0.2, -0.15) is 0 Å². The fraction of sp³-hybridized carbons (Fsp3) is 0.850. The summed E-state index contributed by atoms with van der Waals surface area (Å²) in [6.07, 6.45) is 16.3. The summed E-state index contributed by atoms with van der Waals surface area (Å²) in [5, 5.41) is 22.8. The molecule has 0 rings (SSSR count). The van der Waals surface area contributed by atoms with Crippen molar-refractivity contribution in [2.45, 2.75) is 109 Å². The molecule has 0 saturated heterocycles. The van der Waals surface area contributed by atoms with E-state index in [1.807, 2.05) is 6.92 Å². The van der Waals surface area contributed by atoms with Gasteiger partial charge in [0, 0.05) is 6.42 Å². The van der Waals surface area contributed by atoms with Crippen LogP contribution in [0.15, 0.2) is 12.2 Å². The van der Waals surface area contributed by atoms with Gasteiger partial charge in [0.15, 0.2) is 0 Å². The number of nitrogens with zero attached hydrogens (tertiary/aromatic N) is 2. The van der Waals surface area contributed by atoms with Gasteiger partial charge in [0.1, 0.15) is 6.29 Å². The lowest BCUT2D eigenvalue weighted by molar-refractivity contribution is -0.799. The molecule has 0 heterocycles. The van der Waals surface area contributed by atoms with Crippen LogP contribution in [0.1, 0.15) is 103 Å². The molecule has 156 valence electrons. The second kappa shape index (κ2) is 16.4. The van der Waals surface area contributed by atoms with Crippen LogP contribution in [-0.2, 0) is 4.79 Å². The Morgan fingerprint density at radius 2 is 1.15 bits per heavy atom. The van der Waals surface area contributed by atoms with E-state index in [-0.39, 0.29) is 12.8 Å². The third-order valence-corrected chi connectivity index (χ3v) is 4.92. The van der Waals surface area contributed by atoms with Gasteiger partial charge in [0.05, 0.1) is 22.7 Å². The number of hydrogen-bond acceptors (Lipinski definition) is 5. The molecule has 0 aliphatic carbocycles. The molecule has 0 saturated carbocycles. The van der Waals surface area contributed by atoms with Gasteiger partial charge in [-0.05, 0) is 44.9 Å². The molecule has 0 unspecified atom stereocenters. The van der Waals surface area contributed by atoms with E-state index in [1.165, 1.54) is 0 Å². The third-order valence-electron chi connectivity index (χ3n) is 4.92. The predicted molar refractivity (Wildman–Crippen MR) is 107 cm³/mol.